The van der Waals surface area contributed by atoms with Gasteiger partial charge in [-0.1, -0.05) is 11.6 Å². The van der Waals surface area contributed by atoms with Gasteiger partial charge in [-0.15, -0.1) is 0 Å². The summed E-state index contributed by atoms with van der Waals surface area (Å²) in [5, 5.41) is 13.5. The van der Waals surface area contributed by atoms with Gasteiger partial charge in [-0.3, -0.25) is 5.43 Å². The zero-order valence-electron chi connectivity index (χ0n) is 11.9. The smallest absolute Gasteiger partial charge is 0.416 e. The van der Waals surface area contributed by atoms with Crippen molar-refractivity contribution in [3.63, 3.8) is 0 Å². The quantitative estimate of drug-likeness (QED) is 0.633. The highest BCUT2D eigenvalue weighted by Gasteiger charge is 2.30. The molecule has 8 heteroatoms. The topological polar surface area (TPSA) is 53.8 Å². The Morgan fingerprint density at radius 1 is 1.22 bits per heavy atom. The first-order chi connectivity index (χ1) is 10.8. The minimum Gasteiger partial charge on any atom is -0.504 e. The number of aromatic hydroxyl groups is 1. The van der Waals surface area contributed by atoms with Crippen molar-refractivity contribution in [3.8, 4) is 11.5 Å². The lowest BCUT2D eigenvalue weighted by Gasteiger charge is -2.09. The molecule has 0 unspecified atom stereocenters. The Morgan fingerprint density at radius 3 is 2.57 bits per heavy atom. The van der Waals surface area contributed by atoms with Gasteiger partial charge in [0.1, 0.15) is 0 Å². The third kappa shape index (κ3) is 4.29. The number of ether oxygens (including phenoxy) is 1. The summed E-state index contributed by atoms with van der Waals surface area (Å²) in [5.41, 5.74) is 2.17. The van der Waals surface area contributed by atoms with Crippen LogP contribution in [0.2, 0.25) is 5.02 Å². The third-order valence-electron chi connectivity index (χ3n) is 2.90. The first-order valence-corrected chi connectivity index (χ1v) is 6.72. The Morgan fingerprint density at radius 2 is 1.96 bits per heavy atom. The van der Waals surface area contributed by atoms with Crippen LogP contribution in [0.25, 0.3) is 0 Å². The normalized spacial score (nSPS) is 11.7. The second-order valence-electron chi connectivity index (χ2n) is 4.49. The number of phenols is 1. The molecule has 2 rings (SSSR count). The van der Waals surface area contributed by atoms with E-state index in [0.717, 1.165) is 18.2 Å². The predicted molar refractivity (Wildman–Crippen MR) is 82.3 cm³/mol. The maximum atomic E-state index is 12.7. The summed E-state index contributed by atoms with van der Waals surface area (Å²) in [5.74, 6) is 0.226. The molecular formula is C15H12ClF3N2O2. The summed E-state index contributed by atoms with van der Waals surface area (Å²) in [7, 11) is 1.42. The van der Waals surface area contributed by atoms with Crippen LogP contribution in [0.3, 0.4) is 0 Å². The summed E-state index contributed by atoms with van der Waals surface area (Å²) < 4.78 is 42.9. The van der Waals surface area contributed by atoms with Gasteiger partial charge in [0.25, 0.3) is 0 Å². The van der Waals surface area contributed by atoms with Crippen LogP contribution in [0, 0.1) is 0 Å². The molecule has 122 valence electrons. The van der Waals surface area contributed by atoms with Crippen molar-refractivity contribution >= 4 is 23.5 Å². The van der Waals surface area contributed by atoms with Crippen LogP contribution in [-0.2, 0) is 6.18 Å². The van der Waals surface area contributed by atoms with Crippen molar-refractivity contribution < 1.29 is 23.0 Å². The van der Waals surface area contributed by atoms with Crippen molar-refractivity contribution in [3.05, 3.63) is 52.5 Å². The molecule has 0 saturated carbocycles. The Bertz CT molecular complexity index is 733. The maximum absolute atomic E-state index is 12.7. The molecule has 0 aromatic heterocycles. The summed E-state index contributed by atoms with van der Waals surface area (Å²) in [6, 6.07) is 7.45. The van der Waals surface area contributed by atoms with E-state index in [0.29, 0.717) is 11.3 Å². The van der Waals surface area contributed by atoms with E-state index in [1.54, 1.807) is 6.07 Å². The summed E-state index contributed by atoms with van der Waals surface area (Å²) in [6.45, 7) is 0. The summed E-state index contributed by atoms with van der Waals surface area (Å²) >= 11 is 5.83. The van der Waals surface area contributed by atoms with Crippen LogP contribution in [-0.4, -0.2) is 18.4 Å². The van der Waals surface area contributed by atoms with Gasteiger partial charge in [-0.2, -0.15) is 18.3 Å². The molecule has 0 saturated heterocycles. The molecule has 0 aliphatic heterocycles. The lowest BCUT2D eigenvalue weighted by atomic mass is 10.2. The second-order valence-corrected chi connectivity index (χ2v) is 4.90. The molecule has 0 aliphatic carbocycles. The molecule has 23 heavy (non-hydrogen) atoms. The van der Waals surface area contributed by atoms with E-state index in [1.165, 1.54) is 25.5 Å². The van der Waals surface area contributed by atoms with Gasteiger partial charge >= 0.3 is 6.18 Å². The van der Waals surface area contributed by atoms with Crippen LogP contribution >= 0.6 is 11.6 Å². The molecule has 2 aromatic carbocycles. The van der Waals surface area contributed by atoms with Gasteiger partial charge in [-0.05, 0) is 42.0 Å². The lowest BCUT2D eigenvalue weighted by molar-refractivity contribution is -0.137. The molecule has 0 spiro atoms. The minimum atomic E-state index is -4.47. The molecule has 0 fully saturated rings. The highest BCUT2D eigenvalue weighted by molar-refractivity contribution is 6.33. The van der Waals surface area contributed by atoms with Crippen LogP contribution in [0.4, 0.5) is 18.9 Å². The number of hydrogen-bond acceptors (Lipinski definition) is 4. The van der Waals surface area contributed by atoms with Crippen LogP contribution in [0.5, 0.6) is 11.5 Å². The average molecular weight is 345 g/mol. The number of benzene rings is 2. The van der Waals surface area contributed by atoms with E-state index in [9.17, 15) is 18.3 Å². The number of nitrogens with one attached hydrogen (secondary N) is 1. The van der Waals surface area contributed by atoms with Gasteiger partial charge in [0, 0.05) is 0 Å². The fourth-order valence-electron chi connectivity index (χ4n) is 1.75. The fraction of sp³-hybridized carbons (Fsp3) is 0.133. The van der Waals surface area contributed by atoms with Crippen molar-refractivity contribution in [2.24, 2.45) is 5.10 Å². The number of hydrogen-bond donors (Lipinski definition) is 2. The zero-order chi connectivity index (χ0) is 17.0. The number of phenolic OH excluding ortho intramolecular Hbond substituents is 1. The molecule has 0 radical (unpaired) electrons. The first kappa shape index (κ1) is 17.0. The van der Waals surface area contributed by atoms with Crippen molar-refractivity contribution in [2.45, 2.75) is 6.18 Å². The number of methoxy groups -OCH3 is 1. The van der Waals surface area contributed by atoms with Crippen molar-refractivity contribution in [1.82, 2.24) is 0 Å². The predicted octanol–water partition coefficient (Wildman–Crippen LogP) is 4.52. The molecule has 0 atom stereocenters. The molecule has 0 amide bonds. The maximum Gasteiger partial charge on any atom is 0.416 e. The Hall–Kier alpha value is -2.41. The van der Waals surface area contributed by atoms with Gasteiger partial charge in [0.05, 0.1) is 29.6 Å². The zero-order valence-corrected chi connectivity index (χ0v) is 12.6. The number of hydrazone groups is 1. The number of anilines is 1. The molecule has 4 nitrogen and oxygen atoms in total. The molecule has 0 bridgehead atoms. The van der Waals surface area contributed by atoms with Crippen molar-refractivity contribution in [1.29, 1.82) is 0 Å². The fourth-order valence-corrected chi connectivity index (χ4v) is 1.91. The molecular weight excluding hydrogens is 333 g/mol. The van der Waals surface area contributed by atoms with Gasteiger partial charge < -0.3 is 9.84 Å². The molecule has 0 heterocycles. The van der Waals surface area contributed by atoms with Crippen LogP contribution in [0.15, 0.2) is 41.5 Å². The van der Waals surface area contributed by atoms with E-state index in [-0.39, 0.29) is 16.5 Å². The number of nitrogens with zero attached hydrogens (tertiary/aromatic N) is 1. The average Bonchev–Trinajstić information content (AvgIpc) is 2.48. The number of rotatable bonds is 4. The van der Waals surface area contributed by atoms with E-state index in [2.05, 4.69) is 10.5 Å². The summed E-state index contributed by atoms with van der Waals surface area (Å²) in [6.07, 6.45) is -3.14. The monoisotopic (exact) mass is 344 g/mol. The van der Waals surface area contributed by atoms with E-state index < -0.39 is 11.7 Å². The largest absolute Gasteiger partial charge is 0.504 e. The van der Waals surface area contributed by atoms with Crippen LogP contribution < -0.4 is 10.2 Å². The standard InChI is InChI=1S/C15H12ClF3N2O2/c1-23-14-5-2-9(6-13(14)22)8-20-21-12-7-10(15(17,18)19)3-4-11(12)16/h2-8,21-22H,1H3. The van der Waals surface area contributed by atoms with Gasteiger partial charge in [-0.25, -0.2) is 0 Å². The second kappa shape index (κ2) is 6.78. The highest BCUT2D eigenvalue weighted by Crippen LogP contribution is 2.33. The molecule has 0 aliphatic rings. The number of halogens is 4. The van der Waals surface area contributed by atoms with E-state index in [4.69, 9.17) is 16.3 Å². The van der Waals surface area contributed by atoms with Crippen molar-refractivity contribution in [2.75, 3.05) is 12.5 Å². The summed E-state index contributed by atoms with van der Waals surface area (Å²) in [4.78, 5) is 0. The van der Waals surface area contributed by atoms with Gasteiger partial charge in [0.2, 0.25) is 0 Å². The SMILES string of the molecule is COc1ccc(C=NNc2cc(C(F)(F)F)ccc2Cl)cc1O. The van der Waals surface area contributed by atoms with Gasteiger partial charge in [0.15, 0.2) is 11.5 Å². The molecule has 2 N–H and O–H groups in total. The van der Waals surface area contributed by atoms with Crippen LogP contribution in [0.1, 0.15) is 11.1 Å². The Kier molecular flexibility index (Phi) is 5.00. The molecule has 2 aromatic rings. The lowest BCUT2D eigenvalue weighted by Crippen LogP contribution is -2.05. The Balaban J connectivity index is 2.15. The Labute approximate surface area is 135 Å². The number of alkyl halides is 3. The van der Waals surface area contributed by atoms with E-state index >= 15 is 0 Å². The van der Waals surface area contributed by atoms with E-state index in [1.807, 2.05) is 0 Å². The highest BCUT2D eigenvalue weighted by atomic mass is 35.5. The first-order valence-electron chi connectivity index (χ1n) is 6.34. The minimum absolute atomic E-state index is 0.0236. The third-order valence-corrected chi connectivity index (χ3v) is 3.22.